The number of likely N-dealkylation sites (tertiary alicyclic amines) is 1. The van der Waals surface area contributed by atoms with Crippen molar-refractivity contribution in [3.8, 4) is 0 Å². The van der Waals surface area contributed by atoms with Crippen LogP contribution in [0.1, 0.15) is 26.2 Å². The molecule has 1 aliphatic rings. The predicted molar refractivity (Wildman–Crippen MR) is 65.5 cm³/mol. The van der Waals surface area contributed by atoms with E-state index in [1.807, 2.05) is 0 Å². The average molecular weight is 273 g/mol. The van der Waals surface area contributed by atoms with Crippen LogP contribution in [0.5, 0.6) is 0 Å². The number of primary amides is 1. The van der Waals surface area contributed by atoms with Crippen LogP contribution in [-0.4, -0.2) is 53.3 Å². The van der Waals surface area contributed by atoms with E-state index < -0.39 is 23.6 Å². The fourth-order valence-electron chi connectivity index (χ4n) is 2.32. The molecule has 3 amide bonds. The van der Waals surface area contributed by atoms with Gasteiger partial charge in [0.2, 0.25) is 0 Å². The quantitative estimate of drug-likeness (QED) is 0.614. The van der Waals surface area contributed by atoms with E-state index in [1.54, 1.807) is 6.92 Å². The lowest BCUT2D eigenvalue weighted by Gasteiger charge is -2.33. The van der Waals surface area contributed by atoms with Gasteiger partial charge in [-0.1, -0.05) is 6.92 Å². The first-order valence-corrected chi connectivity index (χ1v) is 6.15. The Morgan fingerprint density at radius 1 is 1.47 bits per heavy atom. The fraction of sp³-hybridized carbons (Fsp3) is 0.727. The molecule has 0 aromatic heterocycles. The minimum atomic E-state index is -1.13. The Hall–Kier alpha value is -1.99. The zero-order valence-electron chi connectivity index (χ0n) is 10.8. The number of ether oxygens (including phenoxy) is 1. The summed E-state index contributed by atoms with van der Waals surface area (Å²) in [6.45, 7) is 2.21. The van der Waals surface area contributed by atoms with Gasteiger partial charge >= 0.3 is 18.1 Å². The first-order valence-electron chi connectivity index (χ1n) is 6.15. The van der Waals surface area contributed by atoms with Crippen molar-refractivity contribution in [3.63, 3.8) is 0 Å². The van der Waals surface area contributed by atoms with E-state index in [1.165, 1.54) is 4.90 Å². The Balaban J connectivity index is 2.55. The largest absolute Gasteiger partial charge is 0.479 e. The predicted octanol–water partition coefficient (Wildman–Crippen LogP) is 0.121. The minimum absolute atomic E-state index is 0.0406. The molecule has 0 saturated carbocycles. The molecule has 8 heteroatoms. The number of rotatable bonds is 5. The fourth-order valence-corrected chi connectivity index (χ4v) is 2.32. The van der Waals surface area contributed by atoms with Gasteiger partial charge in [0.25, 0.3) is 0 Å². The molecule has 0 bridgehead atoms. The summed E-state index contributed by atoms with van der Waals surface area (Å²) in [6, 6.07) is -0.463. The van der Waals surface area contributed by atoms with Gasteiger partial charge in [-0.3, -0.25) is 0 Å². The molecule has 0 aliphatic carbocycles. The molecular formula is C11H19N3O5. The number of carboxylic acid groups (broad SMARTS) is 1. The van der Waals surface area contributed by atoms with Crippen LogP contribution in [0.15, 0.2) is 0 Å². The maximum atomic E-state index is 11.9. The van der Waals surface area contributed by atoms with Crippen molar-refractivity contribution in [2.24, 2.45) is 5.73 Å². The highest BCUT2D eigenvalue weighted by Crippen LogP contribution is 2.32. The third-order valence-corrected chi connectivity index (χ3v) is 3.34. The van der Waals surface area contributed by atoms with Gasteiger partial charge in [0.1, 0.15) is 12.1 Å². The van der Waals surface area contributed by atoms with E-state index in [4.69, 9.17) is 5.73 Å². The minimum Gasteiger partial charge on any atom is -0.479 e. The van der Waals surface area contributed by atoms with E-state index in [0.717, 1.165) is 0 Å². The molecule has 0 aromatic rings. The molecule has 1 unspecified atom stereocenters. The van der Waals surface area contributed by atoms with Crippen LogP contribution >= 0.6 is 0 Å². The number of nitrogens with two attached hydrogens (primary N) is 1. The maximum absolute atomic E-state index is 11.9. The van der Waals surface area contributed by atoms with Crippen LogP contribution in [0.4, 0.5) is 9.59 Å². The van der Waals surface area contributed by atoms with Crippen molar-refractivity contribution < 1.29 is 24.2 Å². The van der Waals surface area contributed by atoms with Gasteiger partial charge in [0.15, 0.2) is 0 Å². The Bertz CT molecular complexity index is 373. The number of urea groups is 1. The Kier molecular flexibility index (Phi) is 4.96. The van der Waals surface area contributed by atoms with Crippen molar-refractivity contribution in [2.75, 3.05) is 19.7 Å². The van der Waals surface area contributed by atoms with Crippen LogP contribution in [0.25, 0.3) is 0 Å². The topological polar surface area (TPSA) is 122 Å². The summed E-state index contributed by atoms with van der Waals surface area (Å²) in [5.74, 6) is -0.990. The second-order valence-corrected chi connectivity index (χ2v) is 4.34. The standard InChI is InChI=1S/C11H19N3O5/c1-2-11(8(15)16)4-3-6-14(11)10(18)13-5-7-19-9(12)17/h2-7H2,1H3,(H2,12,17)(H,13,18)(H,15,16). The van der Waals surface area contributed by atoms with Gasteiger partial charge in [0.05, 0.1) is 6.54 Å². The Morgan fingerprint density at radius 2 is 2.16 bits per heavy atom. The number of carbonyl (C=O) groups excluding carboxylic acids is 2. The zero-order valence-corrected chi connectivity index (χ0v) is 10.8. The average Bonchev–Trinajstić information content (AvgIpc) is 2.79. The molecule has 1 atom stereocenters. The summed E-state index contributed by atoms with van der Waals surface area (Å²) >= 11 is 0. The molecule has 0 radical (unpaired) electrons. The maximum Gasteiger partial charge on any atom is 0.404 e. The summed E-state index contributed by atoms with van der Waals surface area (Å²) in [6.07, 6.45) is 0.548. The highest BCUT2D eigenvalue weighted by Gasteiger charge is 2.48. The van der Waals surface area contributed by atoms with Gasteiger partial charge < -0.3 is 25.8 Å². The summed E-state index contributed by atoms with van der Waals surface area (Å²) < 4.78 is 4.47. The Morgan fingerprint density at radius 3 is 2.68 bits per heavy atom. The van der Waals surface area contributed by atoms with Crippen molar-refractivity contribution in [3.05, 3.63) is 0 Å². The van der Waals surface area contributed by atoms with Gasteiger partial charge in [-0.2, -0.15) is 0 Å². The smallest absolute Gasteiger partial charge is 0.404 e. The summed E-state index contributed by atoms with van der Waals surface area (Å²) in [4.78, 5) is 35.0. The van der Waals surface area contributed by atoms with Crippen molar-refractivity contribution >= 4 is 18.1 Å². The van der Waals surface area contributed by atoms with Crippen LogP contribution in [0.2, 0.25) is 0 Å². The lowest BCUT2D eigenvalue weighted by molar-refractivity contribution is -0.148. The number of aliphatic carboxylic acids is 1. The molecule has 1 aliphatic heterocycles. The van der Waals surface area contributed by atoms with E-state index in [-0.39, 0.29) is 13.2 Å². The third kappa shape index (κ3) is 3.27. The van der Waals surface area contributed by atoms with E-state index in [0.29, 0.717) is 25.8 Å². The van der Waals surface area contributed by atoms with Gasteiger partial charge in [-0.25, -0.2) is 14.4 Å². The lowest BCUT2D eigenvalue weighted by Crippen LogP contribution is -2.56. The summed E-state index contributed by atoms with van der Waals surface area (Å²) in [5, 5.41) is 11.8. The molecular weight excluding hydrogens is 254 g/mol. The molecule has 108 valence electrons. The first kappa shape index (κ1) is 15.1. The Labute approximate surface area is 110 Å². The molecule has 0 aromatic carbocycles. The summed E-state index contributed by atoms with van der Waals surface area (Å²) in [5.41, 5.74) is 3.64. The highest BCUT2D eigenvalue weighted by molar-refractivity contribution is 5.87. The van der Waals surface area contributed by atoms with Crippen LogP contribution in [0, 0.1) is 0 Å². The lowest BCUT2D eigenvalue weighted by atomic mass is 9.93. The van der Waals surface area contributed by atoms with E-state index in [2.05, 4.69) is 10.1 Å². The summed E-state index contributed by atoms with van der Waals surface area (Å²) in [7, 11) is 0. The zero-order chi connectivity index (χ0) is 14.5. The third-order valence-electron chi connectivity index (χ3n) is 3.34. The molecule has 8 nitrogen and oxygen atoms in total. The van der Waals surface area contributed by atoms with Gasteiger partial charge in [-0.15, -0.1) is 0 Å². The molecule has 1 heterocycles. The van der Waals surface area contributed by atoms with Gasteiger partial charge in [-0.05, 0) is 19.3 Å². The monoisotopic (exact) mass is 273 g/mol. The van der Waals surface area contributed by atoms with Crippen molar-refractivity contribution in [2.45, 2.75) is 31.7 Å². The number of carbonyl (C=O) groups is 3. The normalized spacial score (nSPS) is 22.1. The molecule has 1 saturated heterocycles. The number of nitrogens with zero attached hydrogens (tertiary/aromatic N) is 1. The van der Waals surface area contributed by atoms with E-state index >= 15 is 0 Å². The van der Waals surface area contributed by atoms with Crippen LogP contribution < -0.4 is 11.1 Å². The molecule has 0 spiro atoms. The SMILES string of the molecule is CCC1(C(=O)O)CCCN1C(=O)NCCOC(N)=O. The number of amides is 3. The first-order chi connectivity index (χ1) is 8.94. The highest BCUT2D eigenvalue weighted by atomic mass is 16.5. The second-order valence-electron chi connectivity index (χ2n) is 4.34. The number of hydrogen-bond acceptors (Lipinski definition) is 4. The van der Waals surface area contributed by atoms with Crippen LogP contribution in [-0.2, 0) is 9.53 Å². The number of nitrogens with one attached hydrogen (secondary N) is 1. The van der Waals surface area contributed by atoms with E-state index in [9.17, 15) is 19.5 Å². The van der Waals surface area contributed by atoms with Crippen molar-refractivity contribution in [1.29, 1.82) is 0 Å². The molecule has 19 heavy (non-hydrogen) atoms. The number of hydrogen-bond donors (Lipinski definition) is 3. The number of carboxylic acids is 1. The van der Waals surface area contributed by atoms with Gasteiger partial charge in [0, 0.05) is 6.54 Å². The molecule has 1 fully saturated rings. The van der Waals surface area contributed by atoms with Crippen LogP contribution in [0.3, 0.4) is 0 Å². The van der Waals surface area contributed by atoms with Crippen molar-refractivity contribution in [1.82, 2.24) is 10.2 Å². The molecule has 4 N–H and O–H groups in total. The second kappa shape index (κ2) is 6.26. The molecule has 1 rings (SSSR count).